The Bertz CT molecular complexity index is 664. The number of aromatic nitrogens is 1. The van der Waals surface area contributed by atoms with Crippen molar-refractivity contribution in [1.82, 2.24) is 4.98 Å². The fourth-order valence-electron chi connectivity index (χ4n) is 2.10. The summed E-state index contributed by atoms with van der Waals surface area (Å²) in [6.45, 7) is 12.4. The first kappa shape index (κ1) is 20.1. The standard InChI is InChI=1S/C20H28BrNO2Si/c1-20(2,3)25(4,5)24-13-12-23-19-11-8-17(15-22-19)14-16-6-9-18(21)10-7-16/h6-11,15H,12-14H2,1-5H3. The molecule has 0 N–H and O–H groups in total. The number of halogens is 1. The number of rotatable bonds is 7. The van der Waals surface area contributed by atoms with Crippen molar-refractivity contribution in [2.45, 2.75) is 45.3 Å². The van der Waals surface area contributed by atoms with Gasteiger partial charge in [0.05, 0.1) is 6.61 Å². The van der Waals surface area contributed by atoms with Gasteiger partial charge in [-0.25, -0.2) is 4.98 Å². The summed E-state index contributed by atoms with van der Waals surface area (Å²) in [5.41, 5.74) is 2.44. The molecule has 0 aliphatic heterocycles. The molecule has 0 fully saturated rings. The molecule has 0 saturated heterocycles. The summed E-state index contributed by atoms with van der Waals surface area (Å²) in [7, 11) is -1.70. The van der Waals surface area contributed by atoms with Crippen LogP contribution in [0.1, 0.15) is 31.9 Å². The summed E-state index contributed by atoms with van der Waals surface area (Å²) >= 11 is 3.46. The fourth-order valence-corrected chi connectivity index (χ4v) is 3.39. The van der Waals surface area contributed by atoms with Crippen LogP contribution in [0.25, 0.3) is 0 Å². The minimum atomic E-state index is -1.70. The van der Waals surface area contributed by atoms with Crippen LogP contribution in [0, 0.1) is 0 Å². The quantitative estimate of drug-likeness (QED) is 0.415. The first-order chi connectivity index (χ1) is 11.7. The van der Waals surface area contributed by atoms with Crippen molar-refractivity contribution in [3.8, 4) is 5.88 Å². The second kappa shape index (κ2) is 8.47. The molecule has 0 aliphatic carbocycles. The van der Waals surface area contributed by atoms with Crippen molar-refractivity contribution in [3.05, 3.63) is 58.2 Å². The van der Waals surface area contributed by atoms with Gasteiger partial charge in [0, 0.05) is 16.7 Å². The smallest absolute Gasteiger partial charge is 0.213 e. The zero-order valence-corrected chi connectivity index (χ0v) is 18.4. The Morgan fingerprint density at radius 3 is 2.16 bits per heavy atom. The largest absolute Gasteiger partial charge is 0.475 e. The van der Waals surface area contributed by atoms with Crippen LogP contribution in [-0.2, 0) is 10.8 Å². The lowest BCUT2D eigenvalue weighted by molar-refractivity contribution is 0.199. The van der Waals surface area contributed by atoms with Crippen LogP contribution in [0.15, 0.2) is 47.1 Å². The first-order valence-corrected chi connectivity index (χ1v) is 12.3. The number of ether oxygens (including phenoxy) is 1. The zero-order chi connectivity index (χ0) is 18.5. The number of hydrogen-bond donors (Lipinski definition) is 0. The van der Waals surface area contributed by atoms with Gasteiger partial charge in [0.15, 0.2) is 8.32 Å². The van der Waals surface area contributed by atoms with Gasteiger partial charge in [-0.15, -0.1) is 0 Å². The van der Waals surface area contributed by atoms with Gasteiger partial charge in [0.2, 0.25) is 5.88 Å². The Morgan fingerprint density at radius 2 is 1.60 bits per heavy atom. The molecule has 136 valence electrons. The molecule has 0 bridgehead atoms. The molecule has 0 unspecified atom stereocenters. The minimum absolute atomic E-state index is 0.222. The van der Waals surface area contributed by atoms with E-state index in [-0.39, 0.29) is 5.04 Å². The molecule has 0 saturated carbocycles. The molecular weight excluding hydrogens is 394 g/mol. The lowest BCUT2D eigenvalue weighted by Gasteiger charge is -2.36. The number of pyridine rings is 1. The van der Waals surface area contributed by atoms with Crippen molar-refractivity contribution in [1.29, 1.82) is 0 Å². The van der Waals surface area contributed by atoms with Crippen molar-refractivity contribution in [2.24, 2.45) is 0 Å². The van der Waals surface area contributed by atoms with Gasteiger partial charge in [-0.2, -0.15) is 0 Å². The third-order valence-corrected chi connectivity index (χ3v) is 9.79. The highest BCUT2D eigenvalue weighted by molar-refractivity contribution is 9.10. The Morgan fingerprint density at radius 1 is 0.960 bits per heavy atom. The third-order valence-electron chi connectivity index (χ3n) is 4.72. The van der Waals surface area contributed by atoms with Crippen molar-refractivity contribution < 1.29 is 9.16 Å². The van der Waals surface area contributed by atoms with Gasteiger partial charge < -0.3 is 9.16 Å². The van der Waals surface area contributed by atoms with E-state index in [9.17, 15) is 0 Å². The maximum absolute atomic E-state index is 6.11. The summed E-state index contributed by atoms with van der Waals surface area (Å²) in [5.74, 6) is 0.651. The predicted octanol–water partition coefficient (Wildman–Crippen LogP) is 5.84. The molecule has 0 radical (unpaired) electrons. The molecule has 0 spiro atoms. The van der Waals surface area contributed by atoms with E-state index in [2.05, 4.69) is 85.1 Å². The van der Waals surface area contributed by atoms with Gasteiger partial charge in [-0.3, -0.25) is 0 Å². The van der Waals surface area contributed by atoms with Gasteiger partial charge in [0.1, 0.15) is 6.61 Å². The maximum Gasteiger partial charge on any atom is 0.213 e. The van der Waals surface area contributed by atoms with Crippen LogP contribution in [0.3, 0.4) is 0 Å². The van der Waals surface area contributed by atoms with Crippen molar-refractivity contribution in [3.63, 3.8) is 0 Å². The van der Waals surface area contributed by atoms with E-state index in [0.717, 1.165) is 10.9 Å². The van der Waals surface area contributed by atoms with Gasteiger partial charge in [0.25, 0.3) is 0 Å². The van der Waals surface area contributed by atoms with Crippen LogP contribution in [0.5, 0.6) is 5.88 Å². The predicted molar refractivity (Wildman–Crippen MR) is 110 cm³/mol. The van der Waals surface area contributed by atoms with E-state index in [0.29, 0.717) is 19.1 Å². The van der Waals surface area contributed by atoms with E-state index in [4.69, 9.17) is 9.16 Å². The monoisotopic (exact) mass is 421 g/mol. The lowest BCUT2D eigenvalue weighted by atomic mass is 10.1. The summed E-state index contributed by atoms with van der Waals surface area (Å²) < 4.78 is 12.9. The fraction of sp³-hybridized carbons (Fsp3) is 0.450. The molecule has 25 heavy (non-hydrogen) atoms. The van der Waals surface area contributed by atoms with E-state index in [1.807, 2.05) is 12.3 Å². The van der Waals surface area contributed by atoms with Crippen LogP contribution in [0.2, 0.25) is 18.1 Å². The van der Waals surface area contributed by atoms with Gasteiger partial charge >= 0.3 is 0 Å². The SMILES string of the molecule is CC(C)(C)[Si](C)(C)OCCOc1ccc(Cc2ccc(Br)cc2)cn1. The van der Waals surface area contributed by atoms with E-state index in [1.165, 1.54) is 11.1 Å². The Kier molecular flexibility index (Phi) is 6.83. The van der Waals surface area contributed by atoms with Crippen LogP contribution in [0.4, 0.5) is 0 Å². The van der Waals surface area contributed by atoms with Crippen LogP contribution in [-0.4, -0.2) is 26.5 Å². The highest BCUT2D eigenvalue weighted by Crippen LogP contribution is 2.36. The van der Waals surface area contributed by atoms with E-state index < -0.39 is 8.32 Å². The summed E-state index contributed by atoms with van der Waals surface area (Å²) in [6, 6.07) is 12.4. The van der Waals surface area contributed by atoms with E-state index >= 15 is 0 Å². The second-order valence-electron chi connectivity index (χ2n) is 7.77. The average Bonchev–Trinajstić information content (AvgIpc) is 2.54. The Balaban J connectivity index is 1.80. The summed E-state index contributed by atoms with van der Waals surface area (Å²) in [5, 5.41) is 0.222. The number of benzene rings is 1. The van der Waals surface area contributed by atoms with E-state index in [1.54, 1.807) is 0 Å². The van der Waals surface area contributed by atoms with Crippen molar-refractivity contribution >= 4 is 24.2 Å². The Labute approximate surface area is 161 Å². The minimum Gasteiger partial charge on any atom is -0.475 e. The maximum atomic E-state index is 6.11. The molecule has 1 aromatic carbocycles. The third kappa shape index (κ3) is 6.24. The van der Waals surface area contributed by atoms with Crippen LogP contribution < -0.4 is 4.74 Å². The molecule has 2 rings (SSSR count). The summed E-state index contributed by atoms with van der Waals surface area (Å²) in [6.07, 6.45) is 2.75. The molecule has 1 heterocycles. The normalized spacial score (nSPS) is 12.2. The molecular formula is C20H28BrNO2Si. The van der Waals surface area contributed by atoms with Gasteiger partial charge in [-0.05, 0) is 47.8 Å². The molecule has 0 atom stereocenters. The summed E-state index contributed by atoms with van der Waals surface area (Å²) in [4.78, 5) is 4.40. The molecule has 0 aliphatic rings. The topological polar surface area (TPSA) is 31.4 Å². The Hall–Kier alpha value is -1.17. The second-order valence-corrected chi connectivity index (χ2v) is 13.5. The van der Waals surface area contributed by atoms with Crippen LogP contribution >= 0.6 is 15.9 Å². The number of hydrogen-bond acceptors (Lipinski definition) is 3. The first-order valence-electron chi connectivity index (χ1n) is 8.63. The molecule has 0 amide bonds. The van der Waals surface area contributed by atoms with Crippen molar-refractivity contribution in [2.75, 3.05) is 13.2 Å². The zero-order valence-electron chi connectivity index (χ0n) is 15.8. The highest BCUT2D eigenvalue weighted by Gasteiger charge is 2.36. The molecule has 2 aromatic rings. The average molecular weight is 422 g/mol. The molecule has 5 heteroatoms. The van der Waals surface area contributed by atoms with Gasteiger partial charge in [-0.1, -0.05) is 54.9 Å². The molecule has 3 nitrogen and oxygen atoms in total. The highest BCUT2D eigenvalue weighted by atomic mass is 79.9. The lowest BCUT2D eigenvalue weighted by Crippen LogP contribution is -2.41. The molecule has 1 aromatic heterocycles. The number of nitrogens with zero attached hydrogens (tertiary/aromatic N) is 1.